The van der Waals surface area contributed by atoms with Crippen LogP contribution in [0.1, 0.15) is 30.5 Å². The van der Waals surface area contributed by atoms with Crippen LogP contribution in [0.3, 0.4) is 0 Å². The average molecular weight is 269 g/mol. The quantitative estimate of drug-likeness (QED) is 0.829. The van der Waals surface area contributed by atoms with E-state index in [2.05, 4.69) is 61.6 Å². The third kappa shape index (κ3) is 3.77. The van der Waals surface area contributed by atoms with E-state index >= 15 is 0 Å². The normalized spacial score (nSPS) is 10.3. The molecule has 2 rings (SSSR count). The number of rotatable bonds is 6. The summed E-state index contributed by atoms with van der Waals surface area (Å²) in [6.07, 6.45) is 1.08. The summed E-state index contributed by atoms with van der Waals surface area (Å²) in [5.74, 6) is 0.928. The lowest BCUT2D eigenvalue weighted by Crippen LogP contribution is -2.03. The Kier molecular flexibility index (Phi) is 5.05. The molecule has 0 amide bonds. The highest BCUT2D eigenvalue weighted by Crippen LogP contribution is 2.26. The topological polar surface area (TPSA) is 21.3 Å². The molecule has 0 atom stereocenters. The molecule has 2 nitrogen and oxygen atoms in total. The summed E-state index contributed by atoms with van der Waals surface area (Å²) in [6, 6.07) is 15.0. The van der Waals surface area contributed by atoms with Crippen LogP contribution in [0.4, 0.5) is 5.69 Å². The van der Waals surface area contributed by atoms with Gasteiger partial charge in [0.15, 0.2) is 0 Å². The zero-order valence-electron chi connectivity index (χ0n) is 12.6. The maximum absolute atomic E-state index is 5.68. The van der Waals surface area contributed by atoms with Gasteiger partial charge in [-0.05, 0) is 49.1 Å². The fourth-order valence-electron chi connectivity index (χ4n) is 2.14. The van der Waals surface area contributed by atoms with E-state index in [-0.39, 0.29) is 0 Å². The van der Waals surface area contributed by atoms with Gasteiger partial charge < -0.3 is 10.1 Å². The van der Waals surface area contributed by atoms with Crippen molar-refractivity contribution in [2.45, 2.75) is 33.7 Å². The van der Waals surface area contributed by atoms with Gasteiger partial charge in [0.2, 0.25) is 0 Å². The predicted octanol–water partition coefficient (Wildman–Crippen LogP) is 4.57. The molecule has 0 unspecified atom stereocenters. The summed E-state index contributed by atoms with van der Waals surface area (Å²) in [6.45, 7) is 7.76. The van der Waals surface area contributed by atoms with E-state index < -0.39 is 0 Å². The Morgan fingerprint density at radius 2 is 1.65 bits per heavy atom. The molecule has 0 aliphatic carbocycles. The highest BCUT2D eigenvalue weighted by atomic mass is 16.5. The molecule has 0 bridgehead atoms. The highest BCUT2D eigenvalue weighted by Gasteiger charge is 2.03. The molecule has 0 saturated carbocycles. The fourth-order valence-corrected chi connectivity index (χ4v) is 2.14. The van der Waals surface area contributed by atoms with Gasteiger partial charge in [0.1, 0.15) is 5.75 Å². The molecule has 2 heteroatoms. The molecular formula is C18H23NO. The number of hydrogen-bond acceptors (Lipinski definition) is 2. The first-order valence-electron chi connectivity index (χ1n) is 7.28. The molecule has 0 saturated heterocycles. The Balaban J connectivity index is 2.05. The van der Waals surface area contributed by atoms with Crippen molar-refractivity contribution in [1.29, 1.82) is 0 Å². The predicted molar refractivity (Wildman–Crippen MR) is 85.5 cm³/mol. The minimum Gasteiger partial charge on any atom is -0.492 e. The third-order valence-corrected chi connectivity index (χ3v) is 3.35. The number of hydrogen-bond donors (Lipinski definition) is 1. The van der Waals surface area contributed by atoms with E-state index in [0.717, 1.165) is 24.4 Å². The lowest BCUT2D eigenvalue weighted by atomic mass is 10.1. The Hall–Kier alpha value is -1.96. The van der Waals surface area contributed by atoms with E-state index in [0.29, 0.717) is 6.61 Å². The Labute approximate surface area is 121 Å². The smallest absolute Gasteiger partial charge is 0.142 e. The molecule has 1 N–H and O–H groups in total. The van der Waals surface area contributed by atoms with Crippen LogP contribution in [0.5, 0.6) is 5.75 Å². The molecule has 0 radical (unpaired) electrons. The van der Waals surface area contributed by atoms with Gasteiger partial charge in [0.05, 0.1) is 12.3 Å². The van der Waals surface area contributed by atoms with Crippen LogP contribution in [0.25, 0.3) is 0 Å². The van der Waals surface area contributed by atoms with Gasteiger partial charge in [-0.1, -0.05) is 37.3 Å². The molecule has 0 aromatic heterocycles. The van der Waals surface area contributed by atoms with Crippen molar-refractivity contribution in [3.05, 3.63) is 59.2 Å². The number of aryl methyl sites for hydroxylation is 2. The van der Waals surface area contributed by atoms with Crippen molar-refractivity contribution in [3.63, 3.8) is 0 Å². The molecule has 20 heavy (non-hydrogen) atoms. The van der Waals surface area contributed by atoms with Gasteiger partial charge in [0, 0.05) is 6.54 Å². The second kappa shape index (κ2) is 6.99. The van der Waals surface area contributed by atoms with Gasteiger partial charge in [-0.25, -0.2) is 0 Å². The van der Waals surface area contributed by atoms with Gasteiger partial charge in [0.25, 0.3) is 0 Å². The van der Waals surface area contributed by atoms with Crippen molar-refractivity contribution in [2.24, 2.45) is 0 Å². The first-order valence-corrected chi connectivity index (χ1v) is 7.28. The molecule has 0 aliphatic rings. The van der Waals surface area contributed by atoms with Gasteiger partial charge >= 0.3 is 0 Å². The monoisotopic (exact) mass is 269 g/mol. The van der Waals surface area contributed by atoms with Crippen molar-refractivity contribution < 1.29 is 4.74 Å². The molecule has 0 fully saturated rings. The first-order chi connectivity index (χ1) is 9.72. The lowest BCUT2D eigenvalue weighted by Gasteiger charge is -2.13. The molecule has 0 heterocycles. The van der Waals surface area contributed by atoms with E-state index in [9.17, 15) is 0 Å². The Bertz CT molecular complexity index is 546. The fraction of sp³-hybridized carbons (Fsp3) is 0.333. The van der Waals surface area contributed by atoms with Crippen molar-refractivity contribution >= 4 is 5.69 Å². The highest BCUT2D eigenvalue weighted by molar-refractivity contribution is 5.57. The third-order valence-electron chi connectivity index (χ3n) is 3.35. The van der Waals surface area contributed by atoms with Gasteiger partial charge in [-0.3, -0.25) is 0 Å². The number of ether oxygens (including phenoxy) is 1. The van der Waals surface area contributed by atoms with E-state index in [4.69, 9.17) is 4.74 Å². The number of benzene rings is 2. The number of nitrogens with one attached hydrogen (secondary N) is 1. The first kappa shape index (κ1) is 14.4. The molecule has 106 valence electrons. The summed E-state index contributed by atoms with van der Waals surface area (Å²) >= 11 is 0. The lowest BCUT2D eigenvalue weighted by molar-refractivity contribution is 0.341. The van der Waals surface area contributed by atoms with Crippen molar-refractivity contribution in [1.82, 2.24) is 0 Å². The number of anilines is 1. The van der Waals surface area contributed by atoms with Crippen LogP contribution >= 0.6 is 0 Å². The molecule has 0 aliphatic heterocycles. The van der Waals surface area contributed by atoms with E-state index in [1.165, 1.54) is 16.7 Å². The summed E-state index contributed by atoms with van der Waals surface area (Å²) in [5, 5.41) is 3.45. The van der Waals surface area contributed by atoms with Crippen molar-refractivity contribution in [3.8, 4) is 5.75 Å². The van der Waals surface area contributed by atoms with Crippen LogP contribution < -0.4 is 10.1 Å². The maximum Gasteiger partial charge on any atom is 0.142 e. The molecule has 2 aromatic rings. The van der Waals surface area contributed by atoms with Gasteiger partial charge in [-0.2, -0.15) is 0 Å². The van der Waals surface area contributed by atoms with E-state index in [1.807, 2.05) is 6.92 Å². The summed E-state index contributed by atoms with van der Waals surface area (Å²) in [5.41, 5.74) is 4.92. The van der Waals surface area contributed by atoms with Crippen LogP contribution in [0.15, 0.2) is 42.5 Å². The summed E-state index contributed by atoms with van der Waals surface area (Å²) in [4.78, 5) is 0. The maximum atomic E-state index is 5.68. The zero-order chi connectivity index (χ0) is 14.4. The Morgan fingerprint density at radius 1 is 0.950 bits per heavy atom. The zero-order valence-corrected chi connectivity index (χ0v) is 12.6. The minimum absolute atomic E-state index is 0.684. The summed E-state index contributed by atoms with van der Waals surface area (Å²) < 4.78 is 5.68. The summed E-state index contributed by atoms with van der Waals surface area (Å²) in [7, 11) is 0. The largest absolute Gasteiger partial charge is 0.492 e. The SMILES string of the molecule is CCOc1cc(C)ccc1NCc1ccc(CC)cc1. The standard InChI is InChI=1S/C18H23NO/c1-4-15-7-9-16(10-8-15)13-19-17-11-6-14(3)12-18(17)20-5-2/h6-12,19H,4-5,13H2,1-3H3. The van der Waals surface area contributed by atoms with Crippen LogP contribution in [0, 0.1) is 6.92 Å². The van der Waals surface area contributed by atoms with Crippen molar-refractivity contribution in [2.75, 3.05) is 11.9 Å². The average Bonchev–Trinajstić information content (AvgIpc) is 2.47. The van der Waals surface area contributed by atoms with Crippen LogP contribution in [0.2, 0.25) is 0 Å². The minimum atomic E-state index is 0.684. The Morgan fingerprint density at radius 3 is 2.30 bits per heavy atom. The molecule has 0 spiro atoms. The van der Waals surface area contributed by atoms with Gasteiger partial charge in [-0.15, -0.1) is 0 Å². The second-order valence-corrected chi connectivity index (χ2v) is 4.96. The molecule has 2 aromatic carbocycles. The molecular weight excluding hydrogens is 246 g/mol. The van der Waals surface area contributed by atoms with Crippen LogP contribution in [-0.4, -0.2) is 6.61 Å². The van der Waals surface area contributed by atoms with E-state index in [1.54, 1.807) is 0 Å². The second-order valence-electron chi connectivity index (χ2n) is 4.96. The van der Waals surface area contributed by atoms with Crippen LogP contribution in [-0.2, 0) is 13.0 Å².